The van der Waals surface area contributed by atoms with Crippen LogP contribution in [0.4, 0.5) is 10.1 Å². The fraction of sp³-hybridized carbons (Fsp3) is 0.533. The van der Waals surface area contributed by atoms with E-state index in [2.05, 4.69) is 11.9 Å². The molecule has 24 heavy (non-hydrogen) atoms. The van der Waals surface area contributed by atoms with E-state index in [1.54, 1.807) is 4.72 Å². The molecular formula is C15H20FN3O4S. The number of carbonyl (C=O) groups is 1. The number of hydrogen-bond donors (Lipinski definition) is 2. The lowest BCUT2D eigenvalue weighted by Crippen LogP contribution is -2.30. The number of aromatic hydroxyl groups is 1. The van der Waals surface area contributed by atoms with Crippen molar-refractivity contribution in [1.29, 1.82) is 0 Å². The average molecular weight is 357 g/mol. The van der Waals surface area contributed by atoms with Crippen LogP contribution >= 0.6 is 0 Å². The van der Waals surface area contributed by atoms with Gasteiger partial charge in [0.25, 0.3) is 5.91 Å². The zero-order valence-electron chi connectivity index (χ0n) is 13.3. The Kier molecular flexibility index (Phi) is 4.39. The SMILES string of the molecule is CN1CCCC1CCc1cc(O)c(N2CC(=O)NS2(=O)=O)c(F)c1. The molecule has 9 heteroatoms. The van der Waals surface area contributed by atoms with Crippen molar-refractivity contribution < 1.29 is 22.7 Å². The quantitative estimate of drug-likeness (QED) is 0.830. The fourth-order valence-electron chi connectivity index (χ4n) is 3.35. The summed E-state index contributed by atoms with van der Waals surface area (Å²) in [6.07, 6.45) is 3.68. The van der Waals surface area contributed by atoms with E-state index in [4.69, 9.17) is 0 Å². The van der Waals surface area contributed by atoms with E-state index < -0.39 is 39.9 Å². The molecule has 2 aliphatic rings. The first kappa shape index (κ1) is 17.0. The van der Waals surface area contributed by atoms with Crippen molar-refractivity contribution >= 4 is 21.8 Å². The number of hydrogen-bond acceptors (Lipinski definition) is 5. The number of benzene rings is 1. The Morgan fingerprint density at radius 1 is 1.42 bits per heavy atom. The predicted molar refractivity (Wildman–Crippen MR) is 86.4 cm³/mol. The molecule has 0 spiro atoms. The Morgan fingerprint density at radius 3 is 2.71 bits per heavy atom. The Morgan fingerprint density at radius 2 is 2.17 bits per heavy atom. The van der Waals surface area contributed by atoms with Gasteiger partial charge >= 0.3 is 10.2 Å². The topological polar surface area (TPSA) is 89.9 Å². The van der Waals surface area contributed by atoms with Gasteiger partial charge in [-0.3, -0.25) is 4.79 Å². The normalized spacial score (nSPS) is 23.7. The van der Waals surface area contributed by atoms with Crippen molar-refractivity contribution in [2.75, 3.05) is 24.4 Å². The number of phenolic OH excluding ortho intramolecular Hbond substituents is 1. The summed E-state index contributed by atoms with van der Waals surface area (Å²) in [6.45, 7) is 0.510. The van der Waals surface area contributed by atoms with E-state index in [9.17, 15) is 22.7 Å². The second kappa shape index (κ2) is 6.21. The molecule has 1 atom stereocenters. The Bertz CT molecular complexity index is 745. The zero-order chi connectivity index (χ0) is 17.5. The minimum absolute atomic E-state index is 0.440. The van der Waals surface area contributed by atoms with E-state index in [0.717, 1.165) is 25.8 Å². The van der Waals surface area contributed by atoms with Gasteiger partial charge in [-0.2, -0.15) is 8.42 Å². The summed E-state index contributed by atoms with van der Waals surface area (Å²) in [5.41, 5.74) is 0.111. The Hall–Kier alpha value is -1.87. The predicted octanol–water partition coefficient (Wildman–Crippen LogP) is 0.739. The van der Waals surface area contributed by atoms with Crippen LogP contribution in [0.15, 0.2) is 12.1 Å². The first-order chi connectivity index (χ1) is 11.3. The molecule has 7 nitrogen and oxygen atoms in total. The number of aryl methyl sites for hydroxylation is 1. The van der Waals surface area contributed by atoms with Crippen LogP contribution in [0.25, 0.3) is 0 Å². The molecule has 132 valence electrons. The van der Waals surface area contributed by atoms with Crippen molar-refractivity contribution in [2.24, 2.45) is 0 Å². The Labute approximate surface area is 140 Å². The van der Waals surface area contributed by atoms with Crippen molar-refractivity contribution in [2.45, 2.75) is 31.7 Å². The first-order valence-electron chi connectivity index (χ1n) is 7.83. The molecular weight excluding hydrogens is 337 g/mol. The number of phenols is 1. The van der Waals surface area contributed by atoms with Crippen LogP contribution in [0.1, 0.15) is 24.8 Å². The second-order valence-electron chi connectivity index (χ2n) is 6.30. The molecule has 2 N–H and O–H groups in total. The molecule has 3 rings (SSSR count). The van der Waals surface area contributed by atoms with Crippen molar-refractivity contribution in [3.63, 3.8) is 0 Å². The molecule has 1 amide bonds. The number of amides is 1. The highest BCUT2D eigenvalue weighted by molar-refractivity contribution is 7.92. The maximum Gasteiger partial charge on any atom is 0.326 e. The number of carbonyl (C=O) groups excluding carboxylic acids is 1. The van der Waals surface area contributed by atoms with E-state index in [1.807, 2.05) is 0 Å². The largest absolute Gasteiger partial charge is 0.506 e. The van der Waals surface area contributed by atoms with Crippen LogP contribution in [0.5, 0.6) is 5.75 Å². The third kappa shape index (κ3) is 3.18. The summed E-state index contributed by atoms with van der Waals surface area (Å²) >= 11 is 0. The van der Waals surface area contributed by atoms with Crippen molar-refractivity contribution in [3.8, 4) is 5.75 Å². The lowest BCUT2D eigenvalue weighted by Gasteiger charge is -2.20. The number of halogens is 1. The lowest BCUT2D eigenvalue weighted by molar-refractivity contribution is -0.117. The summed E-state index contributed by atoms with van der Waals surface area (Å²) in [7, 11) is -2.10. The van der Waals surface area contributed by atoms with E-state index in [0.29, 0.717) is 22.3 Å². The summed E-state index contributed by atoms with van der Waals surface area (Å²) in [4.78, 5) is 13.5. The summed E-state index contributed by atoms with van der Waals surface area (Å²) in [5.74, 6) is -2.10. The van der Waals surface area contributed by atoms with Gasteiger partial charge in [-0.05, 0) is 57.0 Å². The van der Waals surface area contributed by atoms with E-state index in [1.165, 1.54) is 12.1 Å². The molecule has 1 aromatic rings. The standard InChI is InChI=1S/C15H20FN3O4S/c1-18-6-2-3-11(18)5-4-10-7-12(16)15(13(20)8-10)19-9-14(21)17-24(19,22)23/h7-8,11,20H,2-6,9H2,1H3,(H,17,21). The van der Waals surface area contributed by atoms with E-state index in [-0.39, 0.29) is 0 Å². The summed E-state index contributed by atoms with van der Waals surface area (Å²) in [6, 6.07) is 3.03. The van der Waals surface area contributed by atoms with Gasteiger partial charge in [0.1, 0.15) is 18.0 Å². The summed E-state index contributed by atoms with van der Waals surface area (Å²) in [5, 5.41) is 10.1. The Balaban J connectivity index is 1.80. The second-order valence-corrected chi connectivity index (χ2v) is 7.89. The van der Waals surface area contributed by atoms with Gasteiger partial charge in [0.05, 0.1) is 0 Å². The highest BCUT2D eigenvalue weighted by Gasteiger charge is 2.37. The summed E-state index contributed by atoms with van der Waals surface area (Å²) < 4.78 is 40.3. The zero-order valence-corrected chi connectivity index (χ0v) is 14.1. The average Bonchev–Trinajstić information content (AvgIpc) is 2.99. The molecule has 0 saturated carbocycles. The maximum atomic E-state index is 14.4. The third-order valence-electron chi connectivity index (χ3n) is 4.61. The van der Waals surface area contributed by atoms with Gasteiger partial charge in [0, 0.05) is 6.04 Å². The van der Waals surface area contributed by atoms with Crippen LogP contribution in [0.3, 0.4) is 0 Å². The molecule has 1 unspecified atom stereocenters. The van der Waals surface area contributed by atoms with Gasteiger partial charge < -0.3 is 10.0 Å². The van der Waals surface area contributed by atoms with Gasteiger partial charge in [-0.25, -0.2) is 13.4 Å². The van der Waals surface area contributed by atoms with Crippen LogP contribution in [0, 0.1) is 5.82 Å². The molecule has 2 saturated heterocycles. The minimum Gasteiger partial charge on any atom is -0.506 e. The van der Waals surface area contributed by atoms with E-state index >= 15 is 0 Å². The lowest BCUT2D eigenvalue weighted by atomic mass is 10.0. The highest BCUT2D eigenvalue weighted by atomic mass is 32.2. The van der Waals surface area contributed by atoms with Crippen LogP contribution in [-0.4, -0.2) is 50.5 Å². The van der Waals surface area contributed by atoms with Gasteiger partial charge in [0.15, 0.2) is 5.82 Å². The minimum atomic E-state index is -4.15. The molecule has 1 aromatic carbocycles. The number of likely N-dealkylation sites (tertiary alicyclic amines) is 1. The van der Waals surface area contributed by atoms with Gasteiger partial charge in [-0.1, -0.05) is 0 Å². The third-order valence-corrected chi connectivity index (χ3v) is 5.99. The smallest absolute Gasteiger partial charge is 0.326 e. The number of rotatable bonds is 4. The highest BCUT2D eigenvalue weighted by Crippen LogP contribution is 2.35. The molecule has 0 aliphatic carbocycles. The number of nitrogens with zero attached hydrogens (tertiary/aromatic N) is 2. The van der Waals surface area contributed by atoms with Gasteiger partial charge in [-0.15, -0.1) is 0 Å². The maximum absolute atomic E-state index is 14.4. The van der Waals surface area contributed by atoms with Crippen LogP contribution in [0.2, 0.25) is 0 Å². The van der Waals surface area contributed by atoms with Crippen LogP contribution < -0.4 is 9.03 Å². The number of anilines is 1. The molecule has 2 heterocycles. The van der Waals surface area contributed by atoms with Gasteiger partial charge in [0.2, 0.25) is 0 Å². The van der Waals surface area contributed by atoms with Crippen molar-refractivity contribution in [3.05, 3.63) is 23.5 Å². The molecule has 0 aromatic heterocycles. The first-order valence-corrected chi connectivity index (χ1v) is 9.27. The molecule has 2 fully saturated rings. The fourth-order valence-corrected chi connectivity index (χ4v) is 4.52. The van der Waals surface area contributed by atoms with Crippen molar-refractivity contribution in [1.82, 2.24) is 9.62 Å². The monoisotopic (exact) mass is 357 g/mol. The van der Waals surface area contributed by atoms with Crippen LogP contribution in [-0.2, 0) is 21.4 Å². The molecule has 0 bridgehead atoms. The molecule has 0 radical (unpaired) electrons. The number of nitrogens with one attached hydrogen (secondary N) is 1. The molecule has 2 aliphatic heterocycles.